The number of carboxylic acids is 1. The van der Waals surface area contributed by atoms with Gasteiger partial charge in [0.1, 0.15) is 29.1 Å². The Hall–Kier alpha value is -9.68. The summed E-state index contributed by atoms with van der Waals surface area (Å²) in [4.78, 5) is 211. The smallest absolute Gasteiger partial charge is 0.303 e. The van der Waals surface area contributed by atoms with Crippen LogP contribution in [0.5, 0.6) is 17.2 Å². The molecule has 1 aliphatic rings. The van der Waals surface area contributed by atoms with Gasteiger partial charge in [-0.05, 0) is 168 Å². The molecule has 5 rings (SSSR count). The highest BCUT2D eigenvalue weighted by Crippen LogP contribution is 2.32. The maximum Gasteiger partial charge on any atom is 0.303 e. The van der Waals surface area contributed by atoms with Gasteiger partial charge < -0.3 is 90.6 Å². The van der Waals surface area contributed by atoms with Gasteiger partial charge in [-0.3, -0.25) is 71.9 Å². The van der Waals surface area contributed by atoms with Gasteiger partial charge in [-0.25, -0.2) is 0 Å². The van der Waals surface area contributed by atoms with E-state index in [9.17, 15) is 82.8 Å². The molecule has 0 radical (unpaired) electrons. The van der Waals surface area contributed by atoms with E-state index in [0.29, 0.717) is 41.5 Å². The summed E-state index contributed by atoms with van der Waals surface area (Å²) in [6.45, 7) is 11.9. The average molecular weight is 1770 g/mol. The number of hydrogen-bond donors (Lipinski definition) is 17. The van der Waals surface area contributed by atoms with Gasteiger partial charge in [0.25, 0.3) is 0 Å². The molecular formula is C88H125ClN12O20S2. The number of ketones is 6. The summed E-state index contributed by atoms with van der Waals surface area (Å²) in [6, 6.07) is 14.5. The number of aliphatic carboxylic acids is 1. The summed E-state index contributed by atoms with van der Waals surface area (Å²) in [5.74, 6) is -18.6. The Kier molecular flexibility index (Phi) is 43.5. The zero-order valence-electron chi connectivity index (χ0n) is 71.1. The second-order valence-corrected chi connectivity index (χ2v) is 34.4. The van der Waals surface area contributed by atoms with Crippen LogP contribution in [0.1, 0.15) is 173 Å². The first-order valence-corrected chi connectivity index (χ1v) is 43.3. The quantitative estimate of drug-likeness (QED) is 0.0271. The summed E-state index contributed by atoms with van der Waals surface area (Å²) in [6.07, 6.45) is -3.72. The van der Waals surface area contributed by atoms with E-state index >= 15 is 9.59 Å². The van der Waals surface area contributed by atoms with Gasteiger partial charge in [-0.2, -0.15) is 25.3 Å². The van der Waals surface area contributed by atoms with Crippen molar-refractivity contribution in [2.75, 3.05) is 37.7 Å². The zero-order valence-corrected chi connectivity index (χ0v) is 73.7. The number of hydrogen-bond acceptors (Lipinski definition) is 25. The van der Waals surface area contributed by atoms with E-state index < -0.39 is 223 Å². The van der Waals surface area contributed by atoms with E-state index in [1.807, 2.05) is 12.1 Å². The Morgan fingerprint density at radius 3 is 1.61 bits per heavy atom. The normalized spacial score (nSPS) is 16.3. The summed E-state index contributed by atoms with van der Waals surface area (Å²) in [7, 11) is 0. The molecule has 1 aliphatic heterocycles. The van der Waals surface area contributed by atoms with Gasteiger partial charge in [0.05, 0.1) is 59.5 Å². The Morgan fingerprint density at radius 1 is 0.545 bits per heavy atom. The van der Waals surface area contributed by atoms with Crippen molar-refractivity contribution < 1.29 is 97.1 Å². The predicted octanol–water partition coefficient (Wildman–Crippen LogP) is 4.45. The van der Waals surface area contributed by atoms with Crippen LogP contribution in [0.4, 0.5) is 0 Å². The number of thiol groups is 2. The lowest BCUT2D eigenvalue weighted by atomic mass is 9.86. The molecule has 123 heavy (non-hydrogen) atoms. The Balaban J connectivity index is 1.34. The van der Waals surface area contributed by atoms with E-state index in [4.69, 9.17) is 45.0 Å². The van der Waals surface area contributed by atoms with E-state index in [2.05, 4.69) is 57.2 Å². The number of benzene rings is 4. The SMILES string of the molecule is CCC(C)[C@H](NC(=O)C(CC(=O)[C@H](CS)NC(=O)C(CC(=O)CNC(=O)[C@@H](CC(=O)[C@@H]1CC(OC(C)(C)C)CN1C(=O)[C@H](CS)NC(=O)[C@@H](CCC(=O)O)CC(=O)[C@H](Cc1ccc(O)cc1)NC(=O)[C@@H](N)CCN)Cc1ccc(O)c(Cl)c1)CC(C)C)Cc1ccc(O)cc1)C(=O)C[C@@H](CCC(N)=O)C(=O)NCc1ccc(CCC(=O)C(N)CCN)cc1. The Labute approximate surface area is 734 Å². The number of halogens is 1. The number of carbonyl (C=O) groups is 15. The third-order valence-corrected chi connectivity index (χ3v) is 22.6. The Bertz CT molecular complexity index is 4270. The third kappa shape index (κ3) is 35.8. The molecule has 20 N–H and O–H groups in total. The highest BCUT2D eigenvalue weighted by molar-refractivity contribution is 7.80. The van der Waals surface area contributed by atoms with Crippen LogP contribution >= 0.6 is 36.9 Å². The largest absolute Gasteiger partial charge is 0.508 e. The number of nitrogens with one attached hydrogen (secondary N) is 6. The molecule has 4 aromatic rings. The molecule has 4 aromatic carbocycles. The van der Waals surface area contributed by atoms with Crippen molar-refractivity contribution in [2.24, 2.45) is 70.1 Å². The zero-order chi connectivity index (χ0) is 91.5. The maximum absolute atomic E-state index is 15.1. The molecule has 0 bridgehead atoms. The van der Waals surface area contributed by atoms with Crippen LogP contribution in [0.3, 0.4) is 0 Å². The fourth-order valence-electron chi connectivity index (χ4n) is 14.5. The summed E-state index contributed by atoms with van der Waals surface area (Å²) in [5.41, 5.74) is 30.8. The van der Waals surface area contributed by atoms with Gasteiger partial charge in [-0.1, -0.05) is 100 Å². The molecule has 5 unspecified atom stereocenters. The predicted molar refractivity (Wildman–Crippen MR) is 468 cm³/mol. The van der Waals surface area contributed by atoms with Crippen LogP contribution in [0, 0.1) is 41.4 Å². The fraction of sp³-hybridized carbons (Fsp3) is 0.557. The molecule has 32 nitrogen and oxygen atoms in total. The molecule has 14 atom stereocenters. The highest BCUT2D eigenvalue weighted by Gasteiger charge is 2.45. The van der Waals surface area contributed by atoms with Crippen molar-refractivity contribution in [3.8, 4) is 17.2 Å². The molecule has 35 heteroatoms. The first kappa shape index (κ1) is 104. The number of carbonyl (C=O) groups excluding carboxylic acids is 14. The number of primary amides is 1. The summed E-state index contributed by atoms with van der Waals surface area (Å²) in [5, 5.41) is 56.5. The number of nitrogens with two attached hydrogens (primary N) is 5. The lowest BCUT2D eigenvalue weighted by Crippen LogP contribution is -2.54. The minimum Gasteiger partial charge on any atom is -0.508 e. The van der Waals surface area contributed by atoms with Crippen molar-refractivity contribution in [2.45, 2.75) is 231 Å². The van der Waals surface area contributed by atoms with Crippen LogP contribution in [-0.4, -0.2) is 205 Å². The van der Waals surface area contributed by atoms with Gasteiger partial charge in [0.2, 0.25) is 47.3 Å². The van der Waals surface area contributed by atoms with Crippen LogP contribution < -0.4 is 60.6 Å². The van der Waals surface area contributed by atoms with Crippen molar-refractivity contribution in [1.82, 2.24) is 36.8 Å². The molecule has 0 saturated carbocycles. The van der Waals surface area contributed by atoms with E-state index in [0.717, 1.165) is 5.56 Å². The number of phenols is 3. The average Bonchev–Trinajstić information content (AvgIpc) is 1.66. The lowest BCUT2D eigenvalue weighted by molar-refractivity contribution is -0.142. The van der Waals surface area contributed by atoms with Gasteiger partial charge in [0, 0.05) is 112 Å². The standard InChI is InChI=1S/C88H125ClN12O20S2/c1-8-50(4)80(77(110)40-56(19-27-78(94)111)81(114)95-44-54-11-9-51(10-12-54)17-26-73(106)66(92)29-31-90)100-85(118)60(34-52-13-21-61(102)22-14-52)41-75(108)69(47-122)98-84(117)58(33-49(2)3)38-63(104)45-96-82(115)59(35-55-18-25-72(105)65(89)36-55)42-76(109)71-43-64(121-88(5,6)7)46-101(71)87(120)70(48-123)99-83(116)57(20-28-79(112)113)39-74(107)68(97-86(119)67(93)30-32-91)37-53-15-23-62(103)24-16-53/h9-16,18,21-25,36,49-50,56-60,64,66-71,80,102-103,105,122-123H,8,17,19-20,26-35,37-48,90-93H2,1-7H3,(H2,94,111)(H,95,114)(H,96,115)(H,97,119)(H,98,117)(H,99,116)(H,100,118)(H,112,113)/t50?,56-,57+,58?,59-,60?,64?,66?,67+,68+,69+,70+,71+,80+/m1/s1. The molecule has 1 saturated heterocycles. The summed E-state index contributed by atoms with van der Waals surface area (Å²) >= 11 is 15.2. The number of nitrogens with zero attached hydrogens (tertiary/aromatic N) is 1. The minimum atomic E-state index is -1.51. The number of rotatable bonds is 56. The van der Waals surface area contributed by atoms with E-state index in [1.54, 1.807) is 72.7 Å². The van der Waals surface area contributed by atoms with Crippen LogP contribution in [0.15, 0.2) is 91.0 Å². The van der Waals surface area contributed by atoms with Crippen molar-refractivity contribution in [3.05, 3.63) is 124 Å². The second-order valence-electron chi connectivity index (χ2n) is 33.3. The van der Waals surface area contributed by atoms with E-state index in [1.165, 1.54) is 59.5 Å². The molecule has 1 heterocycles. The van der Waals surface area contributed by atoms with Gasteiger partial charge in [-0.15, -0.1) is 0 Å². The van der Waals surface area contributed by atoms with Crippen molar-refractivity contribution in [1.29, 1.82) is 0 Å². The molecular weight excluding hydrogens is 1640 g/mol. The number of phenolic OH excluding ortho intramolecular Hbond substituents is 3. The fourth-order valence-corrected chi connectivity index (χ4v) is 15.3. The topological polar surface area (TPSA) is 552 Å². The van der Waals surface area contributed by atoms with Gasteiger partial charge >= 0.3 is 5.97 Å². The minimum absolute atomic E-state index is 0.0472. The lowest BCUT2D eigenvalue weighted by Gasteiger charge is -2.30. The number of likely N-dealkylation sites (tertiary alicyclic amines) is 1. The highest BCUT2D eigenvalue weighted by atomic mass is 35.5. The number of amides is 8. The van der Waals surface area contributed by atoms with Crippen molar-refractivity contribution in [3.63, 3.8) is 0 Å². The van der Waals surface area contributed by atoms with Crippen molar-refractivity contribution >= 4 is 125 Å². The maximum atomic E-state index is 15.1. The number of aryl methyl sites for hydroxylation is 1. The van der Waals surface area contributed by atoms with Crippen LogP contribution in [0.25, 0.3) is 0 Å². The van der Waals surface area contributed by atoms with Crippen LogP contribution in [0.2, 0.25) is 5.02 Å². The Morgan fingerprint density at radius 2 is 1.04 bits per heavy atom. The monoisotopic (exact) mass is 1770 g/mol. The first-order chi connectivity index (χ1) is 58.0. The molecule has 0 spiro atoms. The molecule has 1 fully saturated rings. The number of aromatic hydroxyl groups is 3. The number of ether oxygens (including phenoxy) is 1. The number of Topliss-reactive ketones (excluding diaryl/α,β-unsaturated/α-hetero) is 6. The van der Waals surface area contributed by atoms with E-state index in [-0.39, 0.29) is 129 Å². The molecule has 0 aromatic heterocycles. The molecule has 8 amide bonds. The molecule has 0 aliphatic carbocycles. The molecule has 676 valence electrons. The first-order valence-electron chi connectivity index (χ1n) is 41.7. The summed E-state index contributed by atoms with van der Waals surface area (Å²) < 4.78 is 6.33. The van der Waals surface area contributed by atoms with Crippen LogP contribution in [-0.2, 0) is 109 Å². The second kappa shape index (κ2) is 51.5. The number of carboxylic acid groups (broad SMARTS) is 1. The third-order valence-electron chi connectivity index (χ3n) is 21.6. The van der Waals surface area contributed by atoms with Gasteiger partial charge in [0.15, 0.2) is 28.9 Å².